The average Bonchev–Trinajstić information content (AvgIpc) is 2.85. The van der Waals surface area contributed by atoms with E-state index in [1.165, 1.54) is 17.5 Å². The number of hydrogen-bond donors (Lipinski definition) is 1. The summed E-state index contributed by atoms with van der Waals surface area (Å²) in [6.07, 6.45) is 5.03. The average molecular weight is 239 g/mol. The molecule has 1 N–H and O–H groups in total. The third-order valence-corrected chi connectivity index (χ3v) is 3.41. The van der Waals surface area contributed by atoms with E-state index in [1.54, 1.807) is 18.3 Å². The highest BCUT2D eigenvalue weighted by Gasteiger charge is 2.15. The van der Waals surface area contributed by atoms with Crippen molar-refractivity contribution < 1.29 is 9.90 Å². The third-order valence-electron chi connectivity index (χ3n) is 3.41. The van der Waals surface area contributed by atoms with Gasteiger partial charge in [-0.05, 0) is 48.6 Å². The summed E-state index contributed by atoms with van der Waals surface area (Å²) in [6, 6.07) is 9.40. The summed E-state index contributed by atoms with van der Waals surface area (Å²) in [6.45, 7) is 0. The lowest BCUT2D eigenvalue weighted by molar-refractivity contribution is 0.0697. The van der Waals surface area contributed by atoms with E-state index in [9.17, 15) is 9.90 Å². The lowest BCUT2D eigenvalue weighted by Crippen LogP contribution is -2.01. The Kier molecular flexibility index (Phi) is 2.59. The van der Waals surface area contributed by atoms with Crippen molar-refractivity contribution in [1.29, 1.82) is 0 Å². The lowest BCUT2D eigenvalue weighted by Gasteiger charge is -2.07. The van der Waals surface area contributed by atoms with Gasteiger partial charge in [-0.25, -0.2) is 4.79 Å². The molecule has 0 radical (unpaired) electrons. The molecule has 2 aromatic rings. The van der Waals surface area contributed by atoms with Gasteiger partial charge in [-0.1, -0.05) is 12.1 Å². The second-order valence-electron chi connectivity index (χ2n) is 4.54. The van der Waals surface area contributed by atoms with Gasteiger partial charge in [0.15, 0.2) is 0 Å². The van der Waals surface area contributed by atoms with Gasteiger partial charge in [0.2, 0.25) is 0 Å². The predicted octanol–water partition coefficient (Wildman–Crippen LogP) is 2.94. The van der Waals surface area contributed by atoms with Crippen LogP contribution in [0.25, 0.3) is 11.3 Å². The fraction of sp³-hybridized carbons (Fsp3) is 0.200. The first-order chi connectivity index (χ1) is 8.75. The quantitative estimate of drug-likeness (QED) is 0.876. The number of hydrogen-bond acceptors (Lipinski definition) is 2. The molecule has 1 aliphatic carbocycles. The van der Waals surface area contributed by atoms with Crippen molar-refractivity contribution in [3.8, 4) is 11.3 Å². The maximum absolute atomic E-state index is 11.2. The molecule has 0 aliphatic heterocycles. The van der Waals surface area contributed by atoms with E-state index in [0.717, 1.165) is 18.4 Å². The van der Waals surface area contributed by atoms with Gasteiger partial charge < -0.3 is 5.11 Å². The normalized spacial score (nSPS) is 13.3. The first-order valence-electron chi connectivity index (χ1n) is 6.06. The zero-order chi connectivity index (χ0) is 12.5. The fourth-order valence-corrected chi connectivity index (χ4v) is 2.53. The Hall–Kier alpha value is -2.16. The third kappa shape index (κ3) is 1.78. The molecule has 0 bridgehead atoms. The molecule has 1 aliphatic rings. The van der Waals surface area contributed by atoms with Crippen molar-refractivity contribution in [3.63, 3.8) is 0 Å². The number of aromatic carboxylic acids is 1. The molecule has 3 nitrogen and oxygen atoms in total. The molecule has 0 spiro atoms. The van der Waals surface area contributed by atoms with E-state index in [2.05, 4.69) is 17.1 Å². The van der Waals surface area contributed by atoms with Crippen molar-refractivity contribution >= 4 is 5.97 Å². The molecule has 0 fully saturated rings. The number of aryl methyl sites for hydroxylation is 2. The van der Waals surface area contributed by atoms with Crippen molar-refractivity contribution in [3.05, 3.63) is 53.2 Å². The maximum Gasteiger partial charge on any atom is 0.337 e. The monoisotopic (exact) mass is 239 g/mol. The van der Waals surface area contributed by atoms with E-state index in [0.29, 0.717) is 5.69 Å². The van der Waals surface area contributed by atoms with E-state index in [1.807, 2.05) is 6.07 Å². The van der Waals surface area contributed by atoms with Crippen LogP contribution in [0.15, 0.2) is 36.5 Å². The Morgan fingerprint density at radius 1 is 1.17 bits per heavy atom. The lowest BCUT2D eigenvalue weighted by atomic mass is 10.0. The Morgan fingerprint density at radius 2 is 2.00 bits per heavy atom. The van der Waals surface area contributed by atoms with E-state index in [-0.39, 0.29) is 5.56 Å². The largest absolute Gasteiger partial charge is 0.478 e. The fourth-order valence-electron chi connectivity index (χ4n) is 2.53. The molecule has 0 atom stereocenters. The summed E-state index contributed by atoms with van der Waals surface area (Å²) >= 11 is 0. The molecule has 3 rings (SSSR count). The van der Waals surface area contributed by atoms with Crippen LogP contribution >= 0.6 is 0 Å². The molecule has 1 aromatic heterocycles. The van der Waals surface area contributed by atoms with E-state index in [4.69, 9.17) is 0 Å². The molecule has 1 heterocycles. The van der Waals surface area contributed by atoms with Crippen LogP contribution in [-0.2, 0) is 12.8 Å². The highest BCUT2D eigenvalue weighted by Crippen LogP contribution is 2.28. The number of aromatic nitrogens is 1. The molecule has 1 aromatic carbocycles. The molecule has 0 saturated heterocycles. The van der Waals surface area contributed by atoms with Gasteiger partial charge in [0, 0.05) is 11.8 Å². The minimum absolute atomic E-state index is 0.260. The molecular formula is C15H13NO2. The maximum atomic E-state index is 11.2. The van der Waals surface area contributed by atoms with Gasteiger partial charge in [0.25, 0.3) is 0 Å². The van der Waals surface area contributed by atoms with Crippen LogP contribution in [0.3, 0.4) is 0 Å². The second-order valence-corrected chi connectivity index (χ2v) is 4.54. The first kappa shape index (κ1) is 11.0. The van der Waals surface area contributed by atoms with Gasteiger partial charge in [-0.3, -0.25) is 4.98 Å². The zero-order valence-electron chi connectivity index (χ0n) is 9.89. The Morgan fingerprint density at radius 3 is 2.83 bits per heavy atom. The molecule has 0 amide bonds. The van der Waals surface area contributed by atoms with Crippen LogP contribution in [0.1, 0.15) is 27.9 Å². The van der Waals surface area contributed by atoms with E-state index >= 15 is 0 Å². The summed E-state index contributed by atoms with van der Waals surface area (Å²) in [5.74, 6) is -0.932. The van der Waals surface area contributed by atoms with Crippen LogP contribution in [-0.4, -0.2) is 16.1 Å². The summed E-state index contributed by atoms with van der Waals surface area (Å²) in [5, 5.41) is 9.18. The number of nitrogens with zero attached hydrogens (tertiary/aromatic N) is 1. The Labute approximate surface area is 105 Å². The van der Waals surface area contributed by atoms with Gasteiger partial charge in [0.05, 0.1) is 11.3 Å². The summed E-state index contributed by atoms with van der Waals surface area (Å²) < 4.78 is 0. The van der Waals surface area contributed by atoms with Crippen molar-refractivity contribution in [2.75, 3.05) is 0 Å². The van der Waals surface area contributed by atoms with Gasteiger partial charge in [0.1, 0.15) is 0 Å². The van der Waals surface area contributed by atoms with Crippen molar-refractivity contribution in [2.24, 2.45) is 0 Å². The summed E-state index contributed by atoms with van der Waals surface area (Å²) in [4.78, 5) is 15.4. The molecular weight excluding hydrogens is 226 g/mol. The summed E-state index contributed by atoms with van der Waals surface area (Å²) in [7, 11) is 0. The van der Waals surface area contributed by atoms with Crippen LogP contribution in [0.5, 0.6) is 0 Å². The van der Waals surface area contributed by atoms with Crippen LogP contribution in [0.2, 0.25) is 0 Å². The first-order valence-corrected chi connectivity index (χ1v) is 6.06. The number of carboxylic acid groups (broad SMARTS) is 1. The van der Waals surface area contributed by atoms with Gasteiger partial charge in [-0.2, -0.15) is 0 Å². The van der Waals surface area contributed by atoms with E-state index < -0.39 is 5.97 Å². The molecule has 0 unspecified atom stereocenters. The predicted molar refractivity (Wildman–Crippen MR) is 68.7 cm³/mol. The molecule has 18 heavy (non-hydrogen) atoms. The summed E-state index contributed by atoms with van der Waals surface area (Å²) in [5.41, 5.74) is 4.42. The Bertz CT molecular complexity index is 620. The molecule has 0 saturated carbocycles. The van der Waals surface area contributed by atoms with Gasteiger partial charge in [-0.15, -0.1) is 0 Å². The smallest absolute Gasteiger partial charge is 0.337 e. The number of carbonyl (C=O) groups is 1. The minimum Gasteiger partial charge on any atom is -0.478 e. The SMILES string of the molecule is O=C(O)c1cccnc1-c1ccc2c(c1)CCC2. The number of rotatable bonds is 2. The number of pyridine rings is 1. The Balaban J connectivity index is 2.13. The molecule has 3 heteroatoms. The van der Waals surface area contributed by atoms with Crippen molar-refractivity contribution in [2.45, 2.75) is 19.3 Å². The topological polar surface area (TPSA) is 50.2 Å². The van der Waals surface area contributed by atoms with Crippen LogP contribution < -0.4 is 0 Å². The standard InChI is InChI=1S/C15H13NO2/c17-15(18)13-5-2-8-16-14(13)12-7-6-10-3-1-4-11(10)9-12/h2,5-9H,1,3-4H2,(H,17,18). The zero-order valence-corrected chi connectivity index (χ0v) is 9.89. The number of fused-ring (bicyclic) bond motifs is 1. The highest BCUT2D eigenvalue weighted by molar-refractivity contribution is 5.94. The van der Waals surface area contributed by atoms with Gasteiger partial charge >= 0.3 is 5.97 Å². The highest BCUT2D eigenvalue weighted by atomic mass is 16.4. The second kappa shape index (κ2) is 4.26. The van der Waals surface area contributed by atoms with Crippen LogP contribution in [0.4, 0.5) is 0 Å². The number of carboxylic acids is 1. The molecule has 90 valence electrons. The number of benzene rings is 1. The van der Waals surface area contributed by atoms with Crippen LogP contribution in [0, 0.1) is 0 Å². The minimum atomic E-state index is -0.932. The van der Waals surface area contributed by atoms with Crippen molar-refractivity contribution in [1.82, 2.24) is 4.98 Å².